The molecule has 2 heterocycles. The van der Waals surface area contributed by atoms with E-state index in [2.05, 4.69) is 6.58 Å². The Morgan fingerprint density at radius 2 is 2.03 bits per heavy atom. The quantitative estimate of drug-likeness (QED) is 0.474. The van der Waals surface area contributed by atoms with E-state index in [0.29, 0.717) is 28.9 Å². The molecule has 0 radical (unpaired) electrons. The first-order valence-corrected chi connectivity index (χ1v) is 10.8. The minimum Gasteiger partial charge on any atom is -0.493 e. The minimum absolute atomic E-state index is 0.195. The van der Waals surface area contributed by atoms with Gasteiger partial charge in [0.1, 0.15) is 12.4 Å². The van der Waals surface area contributed by atoms with Gasteiger partial charge in [-0.25, -0.2) is 4.98 Å². The van der Waals surface area contributed by atoms with Crippen molar-refractivity contribution in [1.29, 1.82) is 0 Å². The number of aryl methyl sites for hydroxylation is 2. The van der Waals surface area contributed by atoms with E-state index in [-0.39, 0.29) is 18.3 Å². The summed E-state index contributed by atoms with van der Waals surface area (Å²) in [7, 11) is 1.59. The van der Waals surface area contributed by atoms with Gasteiger partial charge < -0.3 is 13.9 Å². The molecule has 1 aromatic carbocycles. The van der Waals surface area contributed by atoms with Gasteiger partial charge in [-0.3, -0.25) is 9.69 Å². The molecule has 6 nitrogen and oxygen atoms in total. The topological polar surface area (TPSA) is 64.8 Å². The highest BCUT2D eigenvalue weighted by Gasteiger charge is 2.25. The Morgan fingerprint density at radius 1 is 1.23 bits per heavy atom. The molecule has 0 saturated heterocycles. The summed E-state index contributed by atoms with van der Waals surface area (Å²) in [5.41, 5.74) is 1.12. The lowest BCUT2D eigenvalue weighted by Crippen LogP contribution is -2.30. The highest BCUT2D eigenvalue weighted by atomic mass is 32.1. The lowest BCUT2D eigenvalue weighted by atomic mass is 10.0. The average Bonchev–Trinajstić information content (AvgIpc) is 3.42. The number of carbonyl (C=O) groups is 1. The van der Waals surface area contributed by atoms with Crippen molar-refractivity contribution in [1.82, 2.24) is 4.98 Å². The van der Waals surface area contributed by atoms with Crippen LogP contribution in [-0.2, 0) is 19.4 Å². The van der Waals surface area contributed by atoms with Crippen LogP contribution in [0.2, 0.25) is 0 Å². The zero-order chi connectivity index (χ0) is 20.9. The molecule has 0 N–H and O–H groups in total. The predicted octanol–water partition coefficient (Wildman–Crippen LogP) is 5.04. The highest BCUT2D eigenvalue weighted by molar-refractivity contribution is 7.16. The van der Waals surface area contributed by atoms with Crippen LogP contribution in [0.4, 0.5) is 5.13 Å². The molecule has 0 atom stereocenters. The van der Waals surface area contributed by atoms with E-state index in [1.807, 2.05) is 24.3 Å². The van der Waals surface area contributed by atoms with Gasteiger partial charge in [0, 0.05) is 11.4 Å². The normalized spacial score (nSPS) is 12.8. The molecule has 0 fully saturated rings. The minimum atomic E-state index is -0.232. The number of aromatic nitrogens is 1. The Balaban J connectivity index is 1.48. The van der Waals surface area contributed by atoms with Gasteiger partial charge >= 0.3 is 0 Å². The summed E-state index contributed by atoms with van der Waals surface area (Å²) in [6, 6.07) is 10.8. The number of furan rings is 1. The molecule has 4 rings (SSSR count). The third kappa shape index (κ3) is 4.26. The largest absolute Gasteiger partial charge is 0.493 e. The van der Waals surface area contributed by atoms with Gasteiger partial charge in [-0.2, -0.15) is 0 Å². The number of nitrogens with zero attached hydrogens (tertiary/aromatic N) is 2. The molecular weight excluding hydrogens is 400 g/mol. The fourth-order valence-corrected chi connectivity index (χ4v) is 4.58. The Bertz CT molecular complexity index is 1020. The van der Waals surface area contributed by atoms with E-state index < -0.39 is 0 Å². The second-order valence-corrected chi connectivity index (χ2v) is 8.05. The van der Waals surface area contributed by atoms with Crippen molar-refractivity contribution in [2.75, 3.05) is 18.6 Å². The summed E-state index contributed by atoms with van der Waals surface area (Å²) >= 11 is 1.59. The molecule has 2 aromatic heterocycles. The number of hydrogen-bond donors (Lipinski definition) is 0. The van der Waals surface area contributed by atoms with Crippen molar-refractivity contribution in [3.05, 3.63) is 71.1 Å². The number of anilines is 1. The van der Waals surface area contributed by atoms with Crippen molar-refractivity contribution in [3.63, 3.8) is 0 Å². The number of hydrogen-bond acceptors (Lipinski definition) is 6. The molecule has 1 aliphatic rings. The lowest BCUT2D eigenvalue weighted by molar-refractivity contribution is 0.0959. The first-order valence-electron chi connectivity index (χ1n) is 9.95. The standard InChI is InChI=1S/C23H24N2O4S/c1-3-14-25(23-24-17-8-4-7-11-21(17)30-23)22(26)20-13-12-16(29-20)15-28-19-10-6-5-9-18(19)27-2/h3,5-6,9-10,12-13H,1,4,7-8,11,14-15H2,2H3. The van der Waals surface area contributed by atoms with Crippen LogP contribution in [0, 0.1) is 0 Å². The van der Waals surface area contributed by atoms with Crippen molar-refractivity contribution in [2.45, 2.75) is 32.3 Å². The van der Waals surface area contributed by atoms with Gasteiger partial charge in [-0.1, -0.05) is 18.2 Å². The van der Waals surface area contributed by atoms with Gasteiger partial charge in [0.15, 0.2) is 22.4 Å². The number of thiazole rings is 1. The maximum atomic E-state index is 13.1. The van der Waals surface area contributed by atoms with Gasteiger partial charge in [0.05, 0.1) is 12.8 Å². The van der Waals surface area contributed by atoms with Gasteiger partial charge in [0.25, 0.3) is 5.91 Å². The summed E-state index contributed by atoms with van der Waals surface area (Å²) in [6.45, 7) is 4.36. The number of carbonyl (C=O) groups excluding carboxylic acids is 1. The molecule has 0 bridgehead atoms. The Kier molecular flexibility index (Phi) is 6.18. The maximum Gasteiger partial charge on any atom is 0.296 e. The predicted molar refractivity (Wildman–Crippen MR) is 117 cm³/mol. The number of methoxy groups -OCH3 is 1. The van der Waals surface area contributed by atoms with Crippen LogP contribution in [0.5, 0.6) is 11.5 Å². The molecule has 0 aliphatic heterocycles. The van der Waals surface area contributed by atoms with Crippen LogP contribution in [0.25, 0.3) is 0 Å². The number of fused-ring (bicyclic) bond motifs is 1. The molecule has 156 valence electrons. The van der Waals surface area contributed by atoms with E-state index in [1.165, 1.54) is 11.3 Å². The molecule has 7 heteroatoms. The van der Waals surface area contributed by atoms with E-state index in [1.54, 1.807) is 41.6 Å². The van der Waals surface area contributed by atoms with Crippen LogP contribution >= 0.6 is 11.3 Å². The van der Waals surface area contributed by atoms with Crippen LogP contribution in [0.15, 0.2) is 53.5 Å². The molecule has 0 unspecified atom stereocenters. The van der Waals surface area contributed by atoms with E-state index >= 15 is 0 Å². The average molecular weight is 425 g/mol. The number of amides is 1. The number of para-hydroxylation sites is 2. The Morgan fingerprint density at radius 3 is 2.80 bits per heavy atom. The smallest absolute Gasteiger partial charge is 0.296 e. The third-order valence-electron chi connectivity index (χ3n) is 4.93. The molecule has 0 spiro atoms. The van der Waals surface area contributed by atoms with Crippen molar-refractivity contribution in [3.8, 4) is 11.5 Å². The van der Waals surface area contributed by atoms with E-state index in [9.17, 15) is 4.79 Å². The first kappa shape index (κ1) is 20.2. The molecule has 1 amide bonds. The molecule has 30 heavy (non-hydrogen) atoms. The summed E-state index contributed by atoms with van der Waals surface area (Å²) < 4.78 is 16.8. The SMILES string of the molecule is C=CCN(C(=O)c1ccc(COc2ccccc2OC)o1)c1nc2c(s1)CCCC2. The van der Waals surface area contributed by atoms with Gasteiger partial charge in [-0.15, -0.1) is 17.9 Å². The molecule has 0 saturated carbocycles. The number of benzene rings is 1. The first-order chi connectivity index (χ1) is 14.7. The molecular formula is C23H24N2O4S. The Hall–Kier alpha value is -3.06. The van der Waals surface area contributed by atoms with Crippen LogP contribution in [0.1, 0.15) is 39.7 Å². The van der Waals surface area contributed by atoms with Crippen molar-refractivity contribution in [2.24, 2.45) is 0 Å². The van der Waals surface area contributed by atoms with Gasteiger partial charge in [0.2, 0.25) is 0 Å². The van der Waals surface area contributed by atoms with Gasteiger partial charge in [-0.05, 0) is 49.9 Å². The number of ether oxygens (including phenoxy) is 2. The monoisotopic (exact) mass is 424 g/mol. The zero-order valence-electron chi connectivity index (χ0n) is 16.9. The maximum absolute atomic E-state index is 13.1. The lowest BCUT2D eigenvalue weighted by Gasteiger charge is -2.16. The summed E-state index contributed by atoms with van der Waals surface area (Å²) in [5.74, 6) is 1.84. The highest BCUT2D eigenvalue weighted by Crippen LogP contribution is 2.33. The van der Waals surface area contributed by atoms with E-state index in [4.69, 9.17) is 18.9 Å². The fourth-order valence-electron chi connectivity index (χ4n) is 3.42. The summed E-state index contributed by atoms with van der Waals surface area (Å²) in [6.07, 6.45) is 6.05. The third-order valence-corrected chi connectivity index (χ3v) is 6.11. The zero-order valence-corrected chi connectivity index (χ0v) is 17.7. The van der Waals surface area contributed by atoms with E-state index in [0.717, 1.165) is 25.0 Å². The molecule has 1 aliphatic carbocycles. The van der Waals surface area contributed by atoms with Crippen molar-refractivity contribution < 1.29 is 18.7 Å². The van der Waals surface area contributed by atoms with Crippen LogP contribution in [-0.4, -0.2) is 24.5 Å². The van der Waals surface area contributed by atoms with Crippen molar-refractivity contribution >= 4 is 22.4 Å². The summed E-state index contributed by atoms with van der Waals surface area (Å²) in [4.78, 5) is 20.7. The number of rotatable bonds is 8. The fraction of sp³-hybridized carbons (Fsp3) is 0.304. The summed E-state index contributed by atoms with van der Waals surface area (Å²) in [5, 5.41) is 0.704. The molecule has 3 aromatic rings. The van der Waals surface area contributed by atoms with Crippen LogP contribution < -0.4 is 14.4 Å². The second-order valence-electron chi connectivity index (χ2n) is 6.98. The van der Waals surface area contributed by atoms with Crippen LogP contribution in [0.3, 0.4) is 0 Å². The second kappa shape index (κ2) is 9.17. The Labute approximate surface area is 179 Å².